The summed E-state index contributed by atoms with van der Waals surface area (Å²) in [6, 6.07) is 23.6. The van der Waals surface area contributed by atoms with E-state index in [0.29, 0.717) is 31.9 Å². The summed E-state index contributed by atoms with van der Waals surface area (Å²) in [6.45, 7) is 11.8. The van der Waals surface area contributed by atoms with Crippen molar-refractivity contribution in [1.82, 2.24) is 9.13 Å². The molecule has 44 heavy (non-hydrogen) atoms. The summed E-state index contributed by atoms with van der Waals surface area (Å²) >= 11 is 1.32. The van der Waals surface area contributed by atoms with Crippen LogP contribution in [0.3, 0.4) is 0 Å². The highest BCUT2D eigenvalue weighted by atomic mass is 32.1. The van der Waals surface area contributed by atoms with E-state index in [4.69, 9.17) is 14.5 Å². The van der Waals surface area contributed by atoms with Crippen LogP contribution < -0.4 is 19.6 Å². The minimum absolute atomic E-state index is 0.0963. The second-order valence-corrected chi connectivity index (χ2v) is 12.2. The minimum atomic E-state index is -0.743. The van der Waals surface area contributed by atoms with Gasteiger partial charge < -0.3 is 14.0 Å². The number of benzene rings is 3. The van der Waals surface area contributed by atoms with Gasteiger partial charge in [0.1, 0.15) is 11.8 Å². The van der Waals surface area contributed by atoms with Crippen LogP contribution >= 0.6 is 11.3 Å². The van der Waals surface area contributed by atoms with Gasteiger partial charge in [0.2, 0.25) is 0 Å². The number of rotatable bonds is 7. The van der Waals surface area contributed by atoms with Crippen LogP contribution in [-0.2, 0) is 9.53 Å². The van der Waals surface area contributed by atoms with E-state index < -0.39 is 12.0 Å². The van der Waals surface area contributed by atoms with Gasteiger partial charge in [-0.15, -0.1) is 0 Å². The van der Waals surface area contributed by atoms with Crippen molar-refractivity contribution in [2.75, 3.05) is 6.61 Å². The molecule has 0 saturated carbocycles. The van der Waals surface area contributed by atoms with Crippen molar-refractivity contribution < 1.29 is 14.3 Å². The van der Waals surface area contributed by atoms with Crippen LogP contribution in [0.2, 0.25) is 0 Å². The summed E-state index contributed by atoms with van der Waals surface area (Å²) < 4.78 is 16.0. The lowest BCUT2D eigenvalue weighted by Crippen LogP contribution is -2.40. The molecule has 0 amide bonds. The zero-order valence-corrected chi connectivity index (χ0v) is 26.6. The van der Waals surface area contributed by atoms with Gasteiger partial charge in [-0.05, 0) is 88.2 Å². The molecule has 5 aromatic rings. The number of nitrogens with zero attached hydrogens (tertiary/aromatic N) is 3. The standard InChI is InChI=1S/C36H35N3O4S/c1-7-42-35(41)32-23(5)37-36-39(33(32)29-14-10-11-15-30(29)43-21(2)3)34(40)31(44-36)20-27-18-22(4)38(24(27)6)28-17-16-25-12-8-9-13-26(25)19-28/h8-21,33H,7H2,1-6H3/b31-20+/t33-/m1/s1. The molecule has 1 aliphatic rings. The Bertz CT molecular complexity index is 2130. The van der Waals surface area contributed by atoms with Gasteiger partial charge in [-0.25, -0.2) is 9.79 Å². The monoisotopic (exact) mass is 605 g/mol. The van der Waals surface area contributed by atoms with Gasteiger partial charge in [-0.3, -0.25) is 9.36 Å². The largest absolute Gasteiger partial charge is 0.491 e. The van der Waals surface area contributed by atoms with Crippen LogP contribution in [0.15, 0.2) is 93.9 Å². The predicted octanol–water partition coefficient (Wildman–Crippen LogP) is 6.15. The van der Waals surface area contributed by atoms with Gasteiger partial charge in [0.05, 0.1) is 28.5 Å². The fourth-order valence-corrected chi connectivity index (χ4v) is 6.98. The number of aryl methyl sites for hydroxylation is 1. The van der Waals surface area contributed by atoms with Crippen LogP contribution in [-0.4, -0.2) is 27.8 Å². The van der Waals surface area contributed by atoms with Crippen molar-refractivity contribution in [3.05, 3.63) is 126 Å². The highest BCUT2D eigenvalue weighted by molar-refractivity contribution is 7.07. The highest BCUT2D eigenvalue weighted by Crippen LogP contribution is 2.36. The third-order valence-corrected chi connectivity index (χ3v) is 8.82. The number of esters is 1. The van der Waals surface area contributed by atoms with Crippen LogP contribution in [0, 0.1) is 13.8 Å². The number of carbonyl (C=O) groups excluding carboxylic acids is 1. The molecule has 1 aliphatic heterocycles. The first-order valence-corrected chi connectivity index (χ1v) is 15.6. The van der Waals surface area contributed by atoms with Gasteiger partial charge in [0.25, 0.3) is 5.56 Å². The Morgan fingerprint density at radius 3 is 2.48 bits per heavy atom. The number of ether oxygens (including phenoxy) is 2. The molecule has 7 nitrogen and oxygen atoms in total. The van der Waals surface area contributed by atoms with E-state index in [0.717, 1.165) is 22.6 Å². The molecule has 6 rings (SSSR count). The molecule has 0 N–H and O–H groups in total. The molecule has 3 aromatic carbocycles. The molecular weight excluding hydrogens is 570 g/mol. The zero-order chi connectivity index (χ0) is 31.1. The Morgan fingerprint density at radius 2 is 1.73 bits per heavy atom. The smallest absolute Gasteiger partial charge is 0.338 e. The molecule has 1 atom stereocenters. The fourth-order valence-electron chi connectivity index (χ4n) is 5.94. The Balaban J connectivity index is 1.52. The van der Waals surface area contributed by atoms with Gasteiger partial charge in [-0.1, -0.05) is 59.9 Å². The van der Waals surface area contributed by atoms with E-state index >= 15 is 0 Å². The number of hydrogen-bond donors (Lipinski definition) is 0. The van der Waals surface area contributed by atoms with Crippen molar-refractivity contribution >= 4 is 34.2 Å². The number of para-hydroxylation sites is 1. The number of thiazole rings is 1. The molecule has 0 bridgehead atoms. The topological polar surface area (TPSA) is 74.8 Å². The van der Waals surface area contributed by atoms with Gasteiger partial charge in [0.15, 0.2) is 4.80 Å². The molecule has 2 aromatic heterocycles. The first-order chi connectivity index (χ1) is 21.2. The number of aromatic nitrogens is 2. The molecule has 0 spiro atoms. The van der Waals surface area contributed by atoms with E-state index in [1.54, 1.807) is 18.4 Å². The maximum Gasteiger partial charge on any atom is 0.338 e. The first kappa shape index (κ1) is 29.4. The minimum Gasteiger partial charge on any atom is -0.491 e. The van der Waals surface area contributed by atoms with Gasteiger partial charge >= 0.3 is 5.97 Å². The second-order valence-electron chi connectivity index (χ2n) is 11.2. The Labute approximate surface area is 260 Å². The first-order valence-electron chi connectivity index (χ1n) is 14.8. The van der Waals surface area contributed by atoms with Crippen molar-refractivity contribution in [2.45, 2.75) is 53.7 Å². The molecule has 0 aliphatic carbocycles. The molecule has 0 fully saturated rings. The van der Waals surface area contributed by atoms with Crippen LogP contribution in [0.4, 0.5) is 0 Å². The Morgan fingerprint density at radius 1 is 1.00 bits per heavy atom. The normalized spacial score (nSPS) is 15.1. The summed E-state index contributed by atoms with van der Waals surface area (Å²) in [5, 5.41) is 2.36. The summed E-state index contributed by atoms with van der Waals surface area (Å²) in [5.41, 5.74) is 5.45. The maximum atomic E-state index is 14.2. The van der Waals surface area contributed by atoms with E-state index in [1.807, 2.05) is 56.3 Å². The molecule has 0 unspecified atom stereocenters. The average Bonchev–Trinajstić information content (AvgIpc) is 3.45. The molecule has 3 heterocycles. The van der Waals surface area contributed by atoms with Crippen LogP contribution in [0.1, 0.15) is 56.3 Å². The van der Waals surface area contributed by atoms with E-state index in [2.05, 4.69) is 54.8 Å². The summed E-state index contributed by atoms with van der Waals surface area (Å²) in [4.78, 5) is 32.9. The van der Waals surface area contributed by atoms with E-state index in [1.165, 1.54) is 22.1 Å². The number of fused-ring (bicyclic) bond motifs is 2. The van der Waals surface area contributed by atoms with Crippen molar-refractivity contribution in [2.24, 2.45) is 4.99 Å². The third-order valence-electron chi connectivity index (χ3n) is 7.84. The van der Waals surface area contributed by atoms with E-state index in [9.17, 15) is 9.59 Å². The Hall–Kier alpha value is -4.69. The van der Waals surface area contributed by atoms with Gasteiger partial charge in [-0.2, -0.15) is 0 Å². The zero-order valence-electron chi connectivity index (χ0n) is 25.8. The molecule has 0 saturated heterocycles. The lowest BCUT2D eigenvalue weighted by molar-refractivity contribution is -0.139. The predicted molar refractivity (Wildman–Crippen MR) is 175 cm³/mol. The van der Waals surface area contributed by atoms with E-state index in [-0.39, 0.29) is 18.3 Å². The maximum absolute atomic E-state index is 14.2. The van der Waals surface area contributed by atoms with Crippen LogP contribution in [0.5, 0.6) is 5.75 Å². The second kappa shape index (κ2) is 11.8. The number of allylic oxidation sites excluding steroid dienone is 1. The average molecular weight is 606 g/mol. The van der Waals surface area contributed by atoms with Crippen molar-refractivity contribution in [3.8, 4) is 11.4 Å². The fraction of sp³-hybridized carbons (Fsp3) is 0.250. The summed E-state index contributed by atoms with van der Waals surface area (Å²) in [5.74, 6) is 0.115. The quantitative estimate of drug-likeness (QED) is 0.209. The lowest BCUT2D eigenvalue weighted by atomic mass is 9.95. The number of hydrogen-bond acceptors (Lipinski definition) is 6. The van der Waals surface area contributed by atoms with Gasteiger partial charge in [0, 0.05) is 22.6 Å². The van der Waals surface area contributed by atoms with Crippen molar-refractivity contribution in [3.63, 3.8) is 0 Å². The summed E-state index contributed by atoms with van der Waals surface area (Å²) in [7, 11) is 0. The highest BCUT2D eigenvalue weighted by Gasteiger charge is 2.35. The Kier molecular flexibility index (Phi) is 7.86. The molecular formula is C36H35N3O4S. The lowest BCUT2D eigenvalue weighted by Gasteiger charge is -2.26. The third kappa shape index (κ3) is 5.19. The van der Waals surface area contributed by atoms with Crippen molar-refractivity contribution in [1.29, 1.82) is 0 Å². The number of carbonyl (C=O) groups is 1. The molecule has 0 radical (unpaired) electrons. The molecule has 8 heteroatoms. The van der Waals surface area contributed by atoms with Crippen LogP contribution in [0.25, 0.3) is 22.5 Å². The molecule has 224 valence electrons. The summed E-state index contributed by atoms with van der Waals surface area (Å²) in [6.07, 6.45) is 1.83. The SMILES string of the molecule is CCOC(=O)C1=C(C)N=c2s/c(=C/c3cc(C)n(-c4ccc5ccccc5c4)c3C)c(=O)n2[C@@H]1c1ccccc1OC(C)C.